The van der Waals surface area contributed by atoms with Crippen LogP contribution in [0.4, 0.5) is 5.69 Å². The second-order valence-corrected chi connectivity index (χ2v) is 5.62. The van der Waals surface area contributed by atoms with E-state index < -0.39 is 30.1 Å². The highest BCUT2D eigenvalue weighted by Gasteiger charge is 2.18. The molecule has 0 unspecified atom stereocenters. The summed E-state index contributed by atoms with van der Waals surface area (Å²) in [6.07, 6.45) is -0.250. The van der Waals surface area contributed by atoms with Gasteiger partial charge < -0.3 is 14.8 Å². The van der Waals surface area contributed by atoms with Crippen LogP contribution in [0.1, 0.15) is 37.6 Å². The second-order valence-electron chi connectivity index (χ2n) is 5.62. The molecule has 0 aliphatic rings. The van der Waals surface area contributed by atoms with Gasteiger partial charge in [0.25, 0.3) is 0 Å². The Labute approximate surface area is 134 Å². The SMILES string of the molecule is CC(C)(C)OC(=O)COC(=O)c1ccc(NC(=O)CC#N)cc1. The minimum Gasteiger partial charge on any atom is -0.457 e. The molecule has 0 saturated heterocycles. The Hall–Kier alpha value is -2.88. The van der Waals surface area contributed by atoms with Crippen LogP contribution >= 0.6 is 0 Å². The maximum absolute atomic E-state index is 11.8. The molecule has 0 atom stereocenters. The van der Waals surface area contributed by atoms with Crippen LogP contribution in [0.5, 0.6) is 0 Å². The summed E-state index contributed by atoms with van der Waals surface area (Å²) < 4.78 is 9.87. The highest BCUT2D eigenvalue weighted by atomic mass is 16.6. The molecule has 1 aromatic rings. The second kappa shape index (κ2) is 7.94. The number of amides is 1. The lowest BCUT2D eigenvalue weighted by Crippen LogP contribution is -2.27. The molecule has 0 spiro atoms. The molecule has 0 fully saturated rings. The lowest BCUT2D eigenvalue weighted by atomic mass is 10.2. The molecular weight excluding hydrogens is 300 g/mol. The number of nitrogens with zero attached hydrogens (tertiary/aromatic N) is 1. The zero-order valence-electron chi connectivity index (χ0n) is 13.2. The standard InChI is InChI=1S/C16H18N2O5/c1-16(2,3)23-14(20)10-22-15(21)11-4-6-12(7-5-11)18-13(19)8-9-17/h4-7H,8,10H2,1-3H3,(H,18,19). The summed E-state index contributed by atoms with van der Waals surface area (Å²) >= 11 is 0. The largest absolute Gasteiger partial charge is 0.457 e. The number of esters is 2. The molecule has 7 heteroatoms. The topological polar surface area (TPSA) is 105 Å². The van der Waals surface area contributed by atoms with Gasteiger partial charge in [0.15, 0.2) is 6.61 Å². The van der Waals surface area contributed by atoms with Gasteiger partial charge in [-0.2, -0.15) is 5.26 Å². The van der Waals surface area contributed by atoms with Crippen molar-refractivity contribution in [3.05, 3.63) is 29.8 Å². The Morgan fingerprint density at radius 2 is 1.78 bits per heavy atom. The van der Waals surface area contributed by atoms with E-state index >= 15 is 0 Å². The number of benzene rings is 1. The summed E-state index contributed by atoms with van der Waals surface area (Å²) in [6, 6.07) is 7.62. The maximum atomic E-state index is 11.8. The van der Waals surface area contributed by atoms with Crippen LogP contribution in [0.3, 0.4) is 0 Å². The van der Waals surface area contributed by atoms with E-state index in [9.17, 15) is 14.4 Å². The Kier molecular flexibility index (Phi) is 6.27. The number of nitriles is 1. The molecule has 0 saturated carbocycles. The van der Waals surface area contributed by atoms with Crippen LogP contribution in [0.2, 0.25) is 0 Å². The summed E-state index contributed by atoms with van der Waals surface area (Å²) in [6.45, 7) is 4.67. The molecule has 1 rings (SSSR count). The van der Waals surface area contributed by atoms with Gasteiger partial charge in [-0.05, 0) is 45.0 Å². The van der Waals surface area contributed by atoms with Crippen molar-refractivity contribution < 1.29 is 23.9 Å². The summed E-state index contributed by atoms with van der Waals surface area (Å²) in [5.74, 6) is -1.75. The first-order valence-electron chi connectivity index (χ1n) is 6.87. The van der Waals surface area contributed by atoms with Crippen LogP contribution in [-0.2, 0) is 19.1 Å². The van der Waals surface area contributed by atoms with E-state index in [2.05, 4.69) is 5.32 Å². The van der Waals surface area contributed by atoms with Gasteiger partial charge >= 0.3 is 11.9 Å². The number of nitrogens with one attached hydrogen (secondary N) is 1. The number of ether oxygens (including phenoxy) is 2. The zero-order chi connectivity index (χ0) is 17.5. The molecular formula is C16H18N2O5. The molecule has 0 bridgehead atoms. The van der Waals surface area contributed by atoms with Crippen molar-refractivity contribution in [3.63, 3.8) is 0 Å². The first-order chi connectivity index (χ1) is 10.7. The van der Waals surface area contributed by atoms with Crippen molar-refractivity contribution in [2.75, 3.05) is 11.9 Å². The predicted molar refractivity (Wildman–Crippen MR) is 81.4 cm³/mol. The van der Waals surface area contributed by atoms with Gasteiger partial charge in [0.05, 0.1) is 11.6 Å². The monoisotopic (exact) mass is 318 g/mol. The number of hydrogen-bond acceptors (Lipinski definition) is 6. The third-order valence-corrected chi connectivity index (χ3v) is 2.39. The van der Waals surface area contributed by atoms with Crippen LogP contribution in [-0.4, -0.2) is 30.1 Å². The van der Waals surface area contributed by atoms with Gasteiger partial charge in [-0.1, -0.05) is 0 Å². The minimum atomic E-state index is -0.675. The normalized spacial score (nSPS) is 10.3. The Bertz CT molecular complexity index is 623. The smallest absolute Gasteiger partial charge is 0.344 e. The molecule has 1 aromatic carbocycles. The van der Waals surface area contributed by atoms with Crippen molar-refractivity contribution >= 4 is 23.5 Å². The third-order valence-electron chi connectivity index (χ3n) is 2.39. The first kappa shape index (κ1) is 18.2. The lowest BCUT2D eigenvalue weighted by molar-refractivity contribution is -0.158. The van der Waals surface area contributed by atoms with Crippen molar-refractivity contribution in [2.24, 2.45) is 0 Å². The number of hydrogen-bond donors (Lipinski definition) is 1. The Morgan fingerprint density at radius 3 is 2.30 bits per heavy atom. The van der Waals surface area contributed by atoms with Crippen molar-refractivity contribution in [2.45, 2.75) is 32.8 Å². The fourth-order valence-corrected chi connectivity index (χ4v) is 1.55. The van der Waals surface area contributed by atoms with E-state index in [0.29, 0.717) is 5.69 Å². The van der Waals surface area contributed by atoms with Crippen molar-refractivity contribution in [1.82, 2.24) is 0 Å². The van der Waals surface area contributed by atoms with Crippen molar-refractivity contribution in [1.29, 1.82) is 5.26 Å². The highest BCUT2D eigenvalue weighted by Crippen LogP contribution is 2.11. The van der Waals surface area contributed by atoms with Gasteiger partial charge in [0.1, 0.15) is 12.0 Å². The van der Waals surface area contributed by atoms with Crippen molar-refractivity contribution in [3.8, 4) is 6.07 Å². The molecule has 7 nitrogen and oxygen atoms in total. The van der Waals surface area contributed by atoms with Gasteiger partial charge in [-0.3, -0.25) is 4.79 Å². The molecule has 0 aliphatic heterocycles. The number of carbonyl (C=O) groups is 3. The first-order valence-corrected chi connectivity index (χ1v) is 6.87. The Balaban J connectivity index is 2.53. The minimum absolute atomic E-state index is 0.229. The summed E-state index contributed by atoms with van der Waals surface area (Å²) in [4.78, 5) is 34.5. The van der Waals surface area contributed by atoms with E-state index in [0.717, 1.165) is 0 Å². The average molecular weight is 318 g/mol. The van der Waals surface area contributed by atoms with E-state index in [-0.39, 0.29) is 12.0 Å². The zero-order valence-corrected chi connectivity index (χ0v) is 13.2. The van der Waals surface area contributed by atoms with E-state index in [1.807, 2.05) is 0 Å². The van der Waals surface area contributed by atoms with Crippen LogP contribution in [0, 0.1) is 11.3 Å². The molecule has 1 amide bonds. The lowest BCUT2D eigenvalue weighted by Gasteiger charge is -2.19. The van der Waals surface area contributed by atoms with Crippen LogP contribution in [0.15, 0.2) is 24.3 Å². The number of anilines is 1. The van der Waals surface area contributed by atoms with Gasteiger partial charge in [-0.25, -0.2) is 9.59 Å². The quantitative estimate of drug-likeness (QED) is 0.833. The summed E-state index contributed by atoms with van der Waals surface area (Å²) in [7, 11) is 0. The predicted octanol–water partition coefficient (Wildman–Crippen LogP) is 2.04. The molecule has 0 aromatic heterocycles. The maximum Gasteiger partial charge on any atom is 0.344 e. The number of rotatable bonds is 5. The van der Waals surface area contributed by atoms with E-state index in [1.165, 1.54) is 24.3 Å². The molecule has 0 heterocycles. The van der Waals surface area contributed by atoms with Gasteiger partial charge in [0, 0.05) is 5.69 Å². The van der Waals surface area contributed by atoms with E-state index in [4.69, 9.17) is 14.7 Å². The summed E-state index contributed by atoms with van der Waals surface area (Å²) in [5, 5.41) is 10.9. The fraction of sp³-hybridized carbons (Fsp3) is 0.375. The molecule has 1 N–H and O–H groups in total. The van der Waals surface area contributed by atoms with Gasteiger partial charge in [-0.15, -0.1) is 0 Å². The third kappa shape index (κ3) is 7.09. The van der Waals surface area contributed by atoms with Gasteiger partial charge in [0.2, 0.25) is 5.91 Å². The summed E-state index contributed by atoms with van der Waals surface area (Å²) in [5.41, 5.74) is 0.0352. The molecule has 0 aliphatic carbocycles. The molecule has 0 radical (unpaired) electrons. The average Bonchev–Trinajstić information content (AvgIpc) is 2.44. The van der Waals surface area contributed by atoms with Crippen LogP contribution in [0.25, 0.3) is 0 Å². The highest BCUT2D eigenvalue weighted by molar-refractivity contribution is 5.94. The molecule has 23 heavy (non-hydrogen) atoms. The molecule has 122 valence electrons. The number of carbonyl (C=O) groups excluding carboxylic acids is 3. The van der Waals surface area contributed by atoms with Crippen LogP contribution < -0.4 is 5.32 Å². The van der Waals surface area contributed by atoms with E-state index in [1.54, 1.807) is 26.8 Å². The fourth-order valence-electron chi connectivity index (χ4n) is 1.55. The Morgan fingerprint density at radius 1 is 1.17 bits per heavy atom.